The lowest BCUT2D eigenvalue weighted by Gasteiger charge is -2.17. The summed E-state index contributed by atoms with van der Waals surface area (Å²) in [5.74, 6) is 0.615. The number of ether oxygens (including phenoxy) is 1. The van der Waals surface area contributed by atoms with E-state index in [2.05, 4.69) is 35.9 Å². The maximum atomic E-state index is 12.7. The number of nitrogens with zero attached hydrogens (tertiary/aromatic N) is 5. The van der Waals surface area contributed by atoms with E-state index in [1.165, 1.54) is 11.3 Å². The van der Waals surface area contributed by atoms with Gasteiger partial charge >= 0.3 is 0 Å². The molecule has 3 heterocycles. The highest BCUT2D eigenvalue weighted by Gasteiger charge is 2.25. The van der Waals surface area contributed by atoms with Crippen LogP contribution in [0.25, 0.3) is 0 Å². The van der Waals surface area contributed by atoms with Crippen LogP contribution in [0.4, 0.5) is 16.1 Å². The van der Waals surface area contributed by atoms with Gasteiger partial charge in [-0.3, -0.25) is 10.1 Å². The summed E-state index contributed by atoms with van der Waals surface area (Å²) in [6.07, 6.45) is 0.266. The zero-order valence-corrected chi connectivity index (χ0v) is 18.3. The van der Waals surface area contributed by atoms with Crippen LogP contribution in [0.2, 0.25) is 0 Å². The normalized spacial score (nSPS) is 16.8. The predicted molar refractivity (Wildman–Crippen MR) is 120 cm³/mol. The number of hydrogen-bond donors (Lipinski definition) is 2. The highest BCUT2D eigenvalue weighted by Crippen LogP contribution is 2.26. The van der Waals surface area contributed by atoms with E-state index in [4.69, 9.17) is 4.74 Å². The molecule has 162 valence electrons. The number of hydrogen-bond acceptors (Lipinski definition) is 9. The zero-order valence-electron chi connectivity index (χ0n) is 17.5. The molecule has 4 rings (SSSR count). The molecule has 1 aliphatic heterocycles. The second kappa shape index (κ2) is 9.80. The quantitative estimate of drug-likeness (QED) is 0.552. The van der Waals surface area contributed by atoms with Crippen molar-refractivity contribution >= 4 is 33.3 Å². The molecule has 0 aliphatic carbocycles. The van der Waals surface area contributed by atoms with E-state index in [0.29, 0.717) is 16.9 Å². The number of benzene rings is 1. The van der Waals surface area contributed by atoms with Crippen LogP contribution in [0, 0.1) is 6.92 Å². The molecule has 1 amide bonds. The Bertz CT molecular complexity index is 996. The maximum Gasteiger partial charge on any atom is 0.259 e. The summed E-state index contributed by atoms with van der Waals surface area (Å²) in [7, 11) is 0. The first-order chi connectivity index (χ1) is 15.1. The molecule has 1 fully saturated rings. The van der Waals surface area contributed by atoms with Gasteiger partial charge in [-0.25, -0.2) is 0 Å². The van der Waals surface area contributed by atoms with Crippen LogP contribution in [0.1, 0.15) is 30.7 Å². The number of anilines is 3. The molecule has 2 aromatic heterocycles. The average molecular weight is 440 g/mol. The molecule has 0 radical (unpaired) electrons. The molecule has 3 aromatic rings. The number of nitrogens with one attached hydrogen (secondary N) is 2. The summed E-state index contributed by atoms with van der Waals surface area (Å²) in [6, 6.07) is 13.6. The summed E-state index contributed by atoms with van der Waals surface area (Å²) in [5.41, 5.74) is 1.70. The van der Waals surface area contributed by atoms with Gasteiger partial charge in [0, 0.05) is 25.7 Å². The third kappa shape index (κ3) is 5.33. The van der Waals surface area contributed by atoms with Crippen molar-refractivity contribution in [3.63, 3.8) is 0 Å². The Morgan fingerprint density at radius 1 is 1.16 bits per heavy atom. The highest BCUT2D eigenvalue weighted by atomic mass is 32.1. The second-order valence-corrected chi connectivity index (χ2v) is 8.23. The molecular formula is C21H25N7O2S. The van der Waals surface area contributed by atoms with E-state index in [1.54, 1.807) is 0 Å². The topological polar surface area (TPSA) is 105 Å². The van der Waals surface area contributed by atoms with Gasteiger partial charge in [0.2, 0.25) is 10.3 Å². The molecule has 2 N–H and O–H groups in total. The second-order valence-electron chi connectivity index (χ2n) is 7.26. The Kier molecular flexibility index (Phi) is 6.68. The lowest BCUT2D eigenvalue weighted by molar-refractivity contribution is -0.127. The van der Waals surface area contributed by atoms with Gasteiger partial charge in [-0.05, 0) is 38.0 Å². The number of carbonyl (C=O) groups is 1. The van der Waals surface area contributed by atoms with Crippen molar-refractivity contribution in [2.24, 2.45) is 0 Å². The molecule has 0 bridgehead atoms. The third-order valence-corrected chi connectivity index (χ3v) is 5.72. The molecule has 0 unspecified atom stereocenters. The molecule has 0 spiro atoms. The van der Waals surface area contributed by atoms with Gasteiger partial charge in [-0.1, -0.05) is 41.7 Å². The number of amides is 1. The van der Waals surface area contributed by atoms with E-state index < -0.39 is 6.10 Å². The minimum absolute atomic E-state index is 0.222. The van der Waals surface area contributed by atoms with E-state index in [9.17, 15) is 4.79 Å². The lowest BCUT2D eigenvalue weighted by Crippen LogP contribution is -2.26. The van der Waals surface area contributed by atoms with E-state index in [-0.39, 0.29) is 11.9 Å². The predicted octanol–water partition coefficient (Wildman–Crippen LogP) is 3.04. The van der Waals surface area contributed by atoms with Gasteiger partial charge in [0.15, 0.2) is 11.9 Å². The largest absolute Gasteiger partial charge is 0.364 e. The first kappa shape index (κ1) is 21.1. The number of aryl methyl sites for hydroxylation is 1. The van der Waals surface area contributed by atoms with Crippen LogP contribution in [0.5, 0.6) is 0 Å². The lowest BCUT2D eigenvalue weighted by atomic mass is 10.1. The molecule has 10 heteroatoms. The standard InChI is InChI=1S/C21H25N7O2S/c1-3-30-18(15-7-5-4-6-8-15)19(29)23-21-27-26-20(31-21)22-16-11-12-28(13-16)17-10-9-14(2)24-25-17/h4-10,16,18H,3,11-13H2,1-2H3,(H,22,26)(H,23,27,29)/t16-,18+/m1/s1. The minimum atomic E-state index is -0.689. The smallest absolute Gasteiger partial charge is 0.259 e. The monoisotopic (exact) mass is 439 g/mol. The van der Waals surface area contributed by atoms with Gasteiger partial charge in [0.25, 0.3) is 5.91 Å². The molecular weight excluding hydrogens is 414 g/mol. The summed E-state index contributed by atoms with van der Waals surface area (Å²) in [5, 5.41) is 24.0. The summed E-state index contributed by atoms with van der Waals surface area (Å²) < 4.78 is 5.65. The fraction of sp³-hybridized carbons (Fsp3) is 0.381. The number of aromatic nitrogens is 4. The highest BCUT2D eigenvalue weighted by molar-refractivity contribution is 7.19. The van der Waals surface area contributed by atoms with Crippen LogP contribution in [-0.2, 0) is 9.53 Å². The van der Waals surface area contributed by atoms with Crippen molar-refractivity contribution in [2.45, 2.75) is 32.4 Å². The molecule has 1 aliphatic rings. The molecule has 2 atom stereocenters. The van der Waals surface area contributed by atoms with Crippen molar-refractivity contribution in [3.8, 4) is 0 Å². The van der Waals surface area contributed by atoms with Crippen molar-refractivity contribution in [3.05, 3.63) is 53.7 Å². The van der Waals surface area contributed by atoms with Crippen LogP contribution in [0.15, 0.2) is 42.5 Å². The van der Waals surface area contributed by atoms with Crippen molar-refractivity contribution in [1.29, 1.82) is 0 Å². The molecule has 31 heavy (non-hydrogen) atoms. The number of rotatable bonds is 8. The molecule has 1 aromatic carbocycles. The van der Waals surface area contributed by atoms with Crippen molar-refractivity contribution < 1.29 is 9.53 Å². The van der Waals surface area contributed by atoms with E-state index in [0.717, 1.165) is 36.6 Å². The van der Waals surface area contributed by atoms with E-state index >= 15 is 0 Å². The SMILES string of the molecule is CCO[C@H](C(=O)Nc1nnc(N[C@@H]2CCN(c3ccc(C)nn3)C2)s1)c1ccccc1. The summed E-state index contributed by atoms with van der Waals surface area (Å²) in [4.78, 5) is 14.9. The van der Waals surface area contributed by atoms with Gasteiger partial charge in [0.05, 0.1) is 5.69 Å². The third-order valence-electron chi connectivity index (χ3n) is 4.95. The van der Waals surface area contributed by atoms with Crippen LogP contribution in [0.3, 0.4) is 0 Å². The van der Waals surface area contributed by atoms with Crippen LogP contribution < -0.4 is 15.5 Å². The molecule has 9 nitrogen and oxygen atoms in total. The average Bonchev–Trinajstić information content (AvgIpc) is 3.43. The Balaban J connectivity index is 1.34. The Labute approximate surface area is 184 Å². The Morgan fingerprint density at radius 3 is 2.71 bits per heavy atom. The minimum Gasteiger partial charge on any atom is -0.364 e. The van der Waals surface area contributed by atoms with Gasteiger partial charge in [-0.2, -0.15) is 5.10 Å². The molecule has 0 saturated carbocycles. The van der Waals surface area contributed by atoms with Crippen LogP contribution in [-0.4, -0.2) is 52.0 Å². The fourth-order valence-electron chi connectivity index (χ4n) is 3.44. The zero-order chi connectivity index (χ0) is 21.6. The first-order valence-electron chi connectivity index (χ1n) is 10.2. The van der Waals surface area contributed by atoms with Gasteiger partial charge < -0.3 is 15.0 Å². The van der Waals surface area contributed by atoms with Crippen LogP contribution >= 0.6 is 11.3 Å². The van der Waals surface area contributed by atoms with E-state index in [1.807, 2.05) is 56.3 Å². The van der Waals surface area contributed by atoms with Gasteiger partial charge in [-0.15, -0.1) is 15.3 Å². The maximum absolute atomic E-state index is 12.7. The van der Waals surface area contributed by atoms with Crippen molar-refractivity contribution in [1.82, 2.24) is 20.4 Å². The Hall–Kier alpha value is -3.11. The van der Waals surface area contributed by atoms with Crippen molar-refractivity contribution in [2.75, 3.05) is 35.2 Å². The first-order valence-corrected chi connectivity index (χ1v) is 11.1. The Morgan fingerprint density at radius 2 is 1.97 bits per heavy atom. The fourth-order valence-corrected chi connectivity index (χ4v) is 4.17. The summed E-state index contributed by atoms with van der Waals surface area (Å²) in [6.45, 7) is 5.92. The number of carbonyl (C=O) groups excluding carboxylic acids is 1. The summed E-state index contributed by atoms with van der Waals surface area (Å²) >= 11 is 1.31. The van der Waals surface area contributed by atoms with Gasteiger partial charge in [0.1, 0.15) is 0 Å². The molecule has 1 saturated heterocycles.